The van der Waals surface area contributed by atoms with Crippen LogP contribution in [0.3, 0.4) is 0 Å². The molecule has 2 unspecified atom stereocenters. The number of aromatic nitrogens is 3. The number of aliphatic hydroxyl groups is 2. The van der Waals surface area contributed by atoms with Gasteiger partial charge in [-0.3, -0.25) is 4.90 Å². The SMILES string of the molecule is CC(C)(C)OC(=O)N1CCCC1c1c(C(=O)O)nnn1CC(O)CO. The zero-order chi connectivity index (χ0) is 18.8. The predicted octanol–water partition coefficient (Wildman–Crippen LogP) is 0.402. The minimum atomic E-state index is -1.27. The van der Waals surface area contributed by atoms with Crippen LogP contribution in [0.5, 0.6) is 0 Å². The summed E-state index contributed by atoms with van der Waals surface area (Å²) in [6, 6.07) is -0.568. The van der Waals surface area contributed by atoms with Crippen molar-refractivity contribution in [3.63, 3.8) is 0 Å². The van der Waals surface area contributed by atoms with E-state index in [1.54, 1.807) is 20.8 Å². The molecule has 2 rings (SSSR count). The minimum Gasteiger partial charge on any atom is -0.476 e. The van der Waals surface area contributed by atoms with E-state index in [0.717, 1.165) is 0 Å². The van der Waals surface area contributed by atoms with E-state index in [1.165, 1.54) is 9.58 Å². The molecule has 0 saturated carbocycles. The van der Waals surface area contributed by atoms with Crippen molar-refractivity contribution in [2.45, 2.75) is 57.9 Å². The zero-order valence-electron chi connectivity index (χ0n) is 14.5. The van der Waals surface area contributed by atoms with Crippen molar-refractivity contribution in [1.82, 2.24) is 19.9 Å². The van der Waals surface area contributed by atoms with E-state index in [-0.39, 0.29) is 17.9 Å². The molecular formula is C15H24N4O6. The number of amides is 1. The van der Waals surface area contributed by atoms with Gasteiger partial charge in [-0.15, -0.1) is 5.10 Å². The van der Waals surface area contributed by atoms with Gasteiger partial charge in [0.1, 0.15) is 5.60 Å². The maximum atomic E-state index is 12.5. The second-order valence-electron chi connectivity index (χ2n) is 6.98. The fourth-order valence-electron chi connectivity index (χ4n) is 2.78. The molecule has 1 aromatic rings. The average Bonchev–Trinajstić information content (AvgIpc) is 3.10. The largest absolute Gasteiger partial charge is 0.476 e. The number of ether oxygens (including phenoxy) is 1. The number of carbonyl (C=O) groups is 2. The molecule has 1 aliphatic rings. The standard InChI is InChI=1S/C15H24N4O6/c1-15(2,3)25-14(24)18-6-4-5-10(18)12-11(13(22)23)16-17-19(12)7-9(21)8-20/h9-10,20-21H,4-8H2,1-3H3,(H,22,23). The van der Waals surface area contributed by atoms with Gasteiger partial charge in [-0.25, -0.2) is 14.3 Å². The Morgan fingerprint density at radius 2 is 2.08 bits per heavy atom. The second kappa shape index (κ2) is 7.36. The molecule has 1 amide bonds. The Morgan fingerprint density at radius 3 is 2.64 bits per heavy atom. The summed E-state index contributed by atoms with van der Waals surface area (Å²) in [6.07, 6.45) is -0.445. The average molecular weight is 356 g/mol. The minimum absolute atomic E-state index is 0.120. The first-order chi connectivity index (χ1) is 11.6. The summed E-state index contributed by atoms with van der Waals surface area (Å²) < 4.78 is 6.63. The highest BCUT2D eigenvalue weighted by Crippen LogP contribution is 2.34. The normalized spacial score (nSPS) is 19.1. The summed E-state index contributed by atoms with van der Waals surface area (Å²) >= 11 is 0. The number of hydrogen-bond donors (Lipinski definition) is 3. The van der Waals surface area contributed by atoms with E-state index in [9.17, 15) is 19.8 Å². The molecule has 1 fully saturated rings. The maximum Gasteiger partial charge on any atom is 0.410 e. The third-order valence-electron chi connectivity index (χ3n) is 3.77. The molecule has 25 heavy (non-hydrogen) atoms. The van der Waals surface area contributed by atoms with Gasteiger partial charge in [0.15, 0.2) is 5.69 Å². The molecule has 0 spiro atoms. The van der Waals surface area contributed by atoms with Gasteiger partial charge in [0, 0.05) is 6.54 Å². The van der Waals surface area contributed by atoms with Crippen LogP contribution in [0.4, 0.5) is 4.79 Å². The first-order valence-corrected chi connectivity index (χ1v) is 8.09. The summed E-state index contributed by atoms with van der Waals surface area (Å²) in [5.41, 5.74) is -0.722. The molecule has 0 radical (unpaired) electrons. The molecule has 3 N–H and O–H groups in total. The number of carboxylic acid groups (broad SMARTS) is 1. The van der Waals surface area contributed by atoms with E-state index in [1.807, 2.05) is 0 Å². The van der Waals surface area contributed by atoms with Crippen LogP contribution in [0.1, 0.15) is 55.8 Å². The number of carboxylic acids is 1. The summed E-state index contributed by atoms with van der Waals surface area (Å²) in [6.45, 7) is 5.06. The van der Waals surface area contributed by atoms with Crippen LogP contribution in [0, 0.1) is 0 Å². The van der Waals surface area contributed by atoms with Crippen LogP contribution in [0.15, 0.2) is 0 Å². The van der Waals surface area contributed by atoms with Crippen LogP contribution in [-0.4, -0.2) is 72.1 Å². The lowest BCUT2D eigenvalue weighted by molar-refractivity contribution is 0.0211. The Labute approximate surface area is 145 Å². The first-order valence-electron chi connectivity index (χ1n) is 8.09. The molecule has 2 heterocycles. The first kappa shape index (κ1) is 19.1. The van der Waals surface area contributed by atoms with Crippen LogP contribution in [0.25, 0.3) is 0 Å². The van der Waals surface area contributed by atoms with Gasteiger partial charge >= 0.3 is 12.1 Å². The summed E-state index contributed by atoms with van der Waals surface area (Å²) in [5, 5.41) is 35.5. The van der Waals surface area contributed by atoms with Gasteiger partial charge in [0.2, 0.25) is 0 Å². The van der Waals surface area contributed by atoms with Crippen LogP contribution in [-0.2, 0) is 11.3 Å². The lowest BCUT2D eigenvalue weighted by atomic mass is 10.1. The summed E-state index contributed by atoms with van der Waals surface area (Å²) in [7, 11) is 0. The van der Waals surface area contributed by atoms with Crippen molar-refractivity contribution in [1.29, 1.82) is 0 Å². The zero-order valence-corrected chi connectivity index (χ0v) is 14.5. The third-order valence-corrected chi connectivity index (χ3v) is 3.77. The number of aliphatic hydroxyl groups excluding tert-OH is 2. The Hall–Kier alpha value is -2.20. The highest BCUT2D eigenvalue weighted by molar-refractivity contribution is 5.87. The molecule has 10 nitrogen and oxygen atoms in total. The van der Waals surface area contributed by atoms with Gasteiger partial charge in [-0.2, -0.15) is 0 Å². The van der Waals surface area contributed by atoms with Crippen LogP contribution >= 0.6 is 0 Å². The lowest BCUT2D eigenvalue weighted by Gasteiger charge is -2.29. The van der Waals surface area contributed by atoms with E-state index in [4.69, 9.17) is 9.84 Å². The maximum absolute atomic E-state index is 12.5. The van der Waals surface area contributed by atoms with Crippen LogP contribution < -0.4 is 0 Å². The topological polar surface area (TPSA) is 138 Å². The third kappa shape index (κ3) is 4.45. The monoisotopic (exact) mass is 356 g/mol. The number of nitrogens with zero attached hydrogens (tertiary/aromatic N) is 4. The molecule has 0 bridgehead atoms. The molecule has 2 atom stereocenters. The number of hydrogen-bond acceptors (Lipinski definition) is 7. The quantitative estimate of drug-likeness (QED) is 0.689. The van der Waals surface area contributed by atoms with Gasteiger partial charge in [-0.05, 0) is 33.6 Å². The van der Waals surface area contributed by atoms with Gasteiger partial charge in [0.25, 0.3) is 0 Å². The lowest BCUT2D eigenvalue weighted by Crippen LogP contribution is -2.37. The van der Waals surface area contributed by atoms with Crippen molar-refractivity contribution < 1.29 is 29.6 Å². The number of likely N-dealkylation sites (tertiary alicyclic amines) is 1. The highest BCUT2D eigenvalue weighted by atomic mass is 16.6. The van der Waals surface area contributed by atoms with E-state index < -0.39 is 36.4 Å². The van der Waals surface area contributed by atoms with Crippen LogP contribution in [0.2, 0.25) is 0 Å². The number of rotatable bonds is 5. The van der Waals surface area contributed by atoms with Gasteiger partial charge in [0.05, 0.1) is 31.0 Å². The van der Waals surface area contributed by atoms with Crippen molar-refractivity contribution in [3.05, 3.63) is 11.4 Å². The van der Waals surface area contributed by atoms with E-state index in [0.29, 0.717) is 19.4 Å². The highest BCUT2D eigenvalue weighted by Gasteiger charge is 2.38. The Morgan fingerprint density at radius 1 is 1.40 bits per heavy atom. The molecule has 140 valence electrons. The molecule has 0 aliphatic carbocycles. The van der Waals surface area contributed by atoms with E-state index >= 15 is 0 Å². The predicted molar refractivity (Wildman–Crippen MR) is 85.0 cm³/mol. The van der Waals surface area contributed by atoms with Crippen molar-refractivity contribution in [2.75, 3.05) is 13.2 Å². The number of aromatic carboxylic acids is 1. The molecule has 1 aliphatic heterocycles. The Balaban J connectivity index is 2.35. The van der Waals surface area contributed by atoms with Gasteiger partial charge in [-0.1, -0.05) is 5.21 Å². The summed E-state index contributed by atoms with van der Waals surface area (Å²) in [5.74, 6) is -1.27. The molecule has 10 heteroatoms. The fraction of sp³-hybridized carbons (Fsp3) is 0.733. The van der Waals surface area contributed by atoms with Crippen molar-refractivity contribution in [2.24, 2.45) is 0 Å². The van der Waals surface area contributed by atoms with Crippen molar-refractivity contribution in [3.8, 4) is 0 Å². The van der Waals surface area contributed by atoms with E-state index in [2.05, 4.69) is 10.3 Å². The van der Waals surface area contributed by atoms with Gasteiger partial charge < -0.3 is 20.1 Å². The smallest absolute Gasteiger partial charge is 0.410 e. The molecule has 0 aromatic carbocycles. The van der Waals surface area contributed by atoms with Crippen molar-refractivity contribution >= 4 is 12.1 Å². The Bertz CT molecular complexity index is 638. The fourth-order valence-corrected chi connectivity index (χ4v) is 2.78. The summed E-state index contributed by atoms with van der Waals surface area (Å²) in [4.78, 5) is 25.4. The molecule has 1 saturated heterocycles. The second-order valence-corrected chi connectivity index (χ2v) is 6.98. The molecule has 1 aromatic heterocycles. The Kier molecular flexibility index (Phi) is 5.63. The molecular weight excluding hydrogens is 332 g/mol. The number of carbonyl (C=O) groups excluding carboxylic acids is 1.